The van der Waals surface area contributed by atoms with E-state index in [2.05, 4.69) is 112 Å². The second-order valence-corrected chi connectivity index (χ2v) is 18.7. The number of benzene rings is 3. The topological polar surface area (TPSA) is 87.0 Å². The fourth-order valence-corrected chi connectivity index (χ4v) is 12.7. The summed E-state index contributed by atoms with van der Waals surface area (Å²) in [6, 6.07) is 31.9. The number of rotatable bonds is 13. The zero-order valence-electron chi connectivity index (χ0n) is 27.0. The standard InChI is InChI=1S/C39H46O5SSi/c1-39(2,3)46(29-17-8-6-9-18-29,30-19-10-7-11-20-30)44-35(37-26-28-16-14-15-22-36(28)45-37)25-24-32-31(33(40)27-34(32)41)21-12-4-5-13-23-38(42)43/h4,6-12,14-20,22,24-26,31-35,40-41H,5,13,21,23,27H2,1-3H3,(H,42,43)/t31-,32+,33-,34-,35-/m1/s1. The van der Waals surface area contributed by atoms with Crippen LogP contribution in [0.2, 0.25) is 5.04 Å². The number of carboxylic acid groups (broad SMARTS) is 1. The van der Waals surface area contributed by atoms with Crippen LogP contribution in [0.5, 0.6) is 0 Å². The maximum absolute atomic E-state index is 11.1. The van der Waals surface area contributed by atoms with E-state index in [0.717, 1.165) is 4.88 Å². The maximum Gasteiger partial charge on any atom is 0.303 e. The normalized spacial score (nSPS) is 21.4. The van der Waals surface area contributed by atoms with Crippen molar-refractivity contribution >= 4 is 46.1 Å². The third kappa shape index (κ3) is 7.62. The Morgan fingerprint density at radius 2 is 1.57 bits per heavy atom. The van der Waals surface area contributed by atoms with Gasteiger partial charge in [0.05, 0.1) is 18.3 Å². The molecule has 1 aromatic heterocycles. The molecule has 1 saturated carbocycles. The van der Waals surface area contributed by atoms with Crippen LogP contribution in [-0.2, 0) is 9.22 Å². The first-order valence-corrected chi connectivity index (χ1v) is 19.0. The van der Waals surface area contributed by atoms with E-state index in [9.17, 15) is 15.0 Å². The van der Waals surface area contributed by atoms with Crippen LogP contribution in [0.1, 0.15) is 63.9 Å². The molecule has 242 valence electrons. The van der Waals surface area contributed by atoms with E-state index in [1.54, 1.807) is 11.3 Å². The van der Waals surface area contributed by atoms with Gasteiger partial charge in [0.2, 0.25) is 0 Å². The maximum atomic E-state index is 11.1. The molecular formula is C39H46O5SSi. The molecule has 7 heteroatoms. The predicted molar refractivity (Wildman–Crippen MR) is 191 cm³/mol. The Labute approximate surface area is 278 Å². The number of thiophene rings is 1. The molecule has 5 rings (SSSR count). The predicted octanol–water partition coefficient (Wildman–Crippen LogP) is 7.63. The lowest BCUT2D eigenvalue weighted by molar-refractivity contribution is -0.137. The van der Waals surface area contributed by atoms with Gasteiger partial charge in [0.15, 0.2) is 0 Å². The van der Waals surface area contributed by atoms with Crippen molar-refractivity contribution in [3.05, 3.63) is 120 Å². The highest BCUT2D eigenvalue weighted by Crippen LogP contribution is 2.43. The number of hydrogen-bond acceptors (Lipinski definition) is 5. The largest absolute Gasteiger partial charge is 0.481 e. The molecule has 1 fully saturated rings. The number of allylic oxidation sites excluding steroid dienone is 2. The van der Waals surface area contributed by atoms with Gasteiger partial charge >= 0.3 is 5.97 Å². The van der Waals surface area contributed by atoms with Crippen LogP contribution < -0.4 is 10.4 Å². The molecule has 0 amide bonds. The molecule has 5 nitrogen and oxygen atoms in total. The monoisotopic (exact) mass is 654 g/mol. The van der Waals surface area contributed by atoms with E-state index in [1.807, 2.05) is 24.3 Å². The van der Waals surface area contributed by atoms with E-state index >= 15 is 0 Å². The van der Waals surface area contributed by atoms with Gasteiger partial charge in [0.25, 0.3) is 8.32 Å². The number of aliphatic carboxylic acids is 1. The number of unbranched alkanes of at least 4 members (excludes halogenated alkanes) is 1. The van der Waals surface area contributed by atoms with Gasteiger partial charge in [-0.15, -0.1) is 11.3 Å². The SMILES string of the molecule is CC(C)(C)[Si](O[C@H](C=C[C@H]1[C@@H](CC=CCCCC(=O)O)[C@H](O)C[C@H]1O)c1cc2ccccc2s1)(c1ccccc1)c1ccccc1. The van der Waals surface area contributed by atoms with Crippen molar-refractivity contribution in [3.8, 4) is 0 Å². The number of aliphatic hydroxyl groups excluding tert-OH is 2. The van der Waals surface area contributed by atoms with Crippen molar-refractivity contribution < 1.29 is 24.5 Å². The summed E-state index contributed by atoms with van der Waals surface area (Å²) >= 11 is 1.74. The molecule has 1 aliphatic rings. The second kappa shape index (κ2) is 15.0. The number of fused-ring (bicyclic) bond motifs is 1. The van der Waals surface area contributed by atoms with Crippen LogP contribution >= 0.6 is 11.3 Å². The molecule has 0 bridgehead atoms. The molecular weight excluding hydrogens is 609 g/mol. The lowest BCUT2D eigenvalue weighted by Gasteiger charge is -2.44. The van der Waals surface area contributed by atoms with Crippen molar-refractivity contribution in [1.29, 1.82) is 0 Å². The first-order chi connectivity index (χ1) is 22.1. The minimum atomic E-state index is -2.92. The van der Waals surface area contributed by atoms with Crippen molar-refractivity contribution in [2.75, 3.05) is 0 Å². The van der Waals surface area contributed by atoms with Crippen molar-refractivity contribution in [1.82, 2.24) is 0 Å². The van der Waals surface area contributed by atoms with Gasteiger partial charge in [-0.3, -0.25) is 4.79 Å². The first kappa shape index (κ1) is 34.0. The number of hydrogen-bond donors (Lipinski definition) is 3. The Kier molecular flexibility index (Phi) is 11.1. The molecule has 0 radical (unpaired) electrons. The van der Waals surface area contributed by atoms with Crippen molar-refractivity contribution in [2.45, 2.75) is 76.2 Å². The summed E-state index contributed by atoms with van der Waals surface area (Å²) in [5.41, 5.74) is 0. The van der Waals surface area contributed by atoms with Crippen molar-refractivity contribution in [2.24, 2.45) is 11.8 Å². The zero-order valence-corrected chi connectivity index (χ0v) is 28.8. The van der Waals surface area contributed by atoms with Gasteiger partial charge in [-0.05, 0) is 58.1 Å². The van der Waals surface area contributed by atoms with Gasteiger partial charge < -0.3 is 19.7 Å². The summed E-state index contributed by atoms with van der Waals surface area (Å²) in [6.45, 7) is 6.84. The van der Waals surface area contributed by atoms with E-state index in [4.69, 9.17) is 9.53 Å². The fourth-order valence-electron chi connectivity index (χ4n) is 6.89. The van der Waals surface area contributed by atoms with Gasteiger partial charge in [-0.25, -0.2) is 0 Å². The Morgan fingerprint density at radius 1 is 0.935 bits per heavy atom. The summed E-state index contributed by atoms with van der Waals surface area (Å²) in [4.78, 5) is 12.0. The molecule has 0 saturated heterocycles. The zero-order chi connectivity index (χ0) is 32.7. The fraction of sp³-hybridized carbons (Fsp3) is 0.359. The van der Waals surface area contributed by atoms with E-state index in [1.165, 1.54) is 20.5 Å². The molecule has 0 spiro atoms. The minimum absolute atomic E-state index is 0.141. The summed E-state index contributed by atoms with van der Waals surface area (Å²) in [5, 5.41) is 34.3. The van der Waals surface area contributed by atoms with Gasteiger partial charge in [-0.2, -0.15) is 0 Å². The Balaban J connectivity index is 1.54. The second-order valence-electron chi connectivity index (χ2n) is 13.4. The van der Waals surface area contributed by atoms with E-state index in [-0.39, 0.29) is 29.4 Å². The van der Waals surface area contributed by atoms with Gasteiger partial charge in [0.1, 0.15) is 0 Å². The Morgan fingerprint density at radius 3 is 2.17 bits per heavy atom. The summed E-state index contributed by atoms with van der Waals surface area (Å²) < 4.78 is 8.85. The highest BCUT2D eigenvalue weighted by atomic mass is 32.1. The number of carbonyl (C=O) groups is 1. The average Bonchev–Trinajstić information content (AvgIpc) is 3.58. The van der Waals surface area contributed by atoms with Crippen LogP contribution in [0.4, 0.5) is 0 Å². The summed E-state index contributed by atoms with van der Waals surface area (Å²) in [6.07, 6.45) is 8.92. The van der Waals surface area contributed by atoms with Crippen LogP contribution in [0.25, 0.3) is 10.1 Å². The highest BCUT2D eigenvalue weighted by Gasteiger charge is 2.51. The quantitative estimate of drug-likeness (QED) is 0.0784. The highest BCUT2D eigenvalue weighted by molar-refractivity contribution is 7.19. The Bertz CT molecular complexity index is 1550. The molecule has 3 N–H and O–H groups in total. The minimum Gasteiger partial charge on any atom is -0.481 e. The average molecular weight is 655 g/mol. The van der Waals surface area contributed by atoms with Crippen LogP contribution in [0.3, 0.4) is 0 Å². The number of aliphatic hydroxyl groups is 2. The van der Waals surface area contributed by atoms with E-state index < -0.39 is 26.5 Å². The van der Waals surface area contributed by atoms with Crippen LogP contribution in [0, 0.1) is 11.8 Å². The van der Waals surface area contributed by atoms with Crippen molar-refractivity contribution in [3.63, 3.8) is 0 Å². The smallest absolute Gasteiger partial charge is 0.303 e. The lowest BCUT2D eigenvalue weighted by atomic mass is 9.89. The van der Waals surface area contributed by atoms with Crippen LogP contribution in [0.15, 0.2) is 115 Å². The molecule has 1 heterocycles. The lowest BCUT2D eigenvalue weighted by Crippen LogP contribution is -2.66. The molecule has 0 aliphatic heterocycles. The third-order valence-electron chi connectivity index (χ3n) is 9.21. The van der Waals surface area contributed by atoms with Gasteiger partial charge in [0, 0.05) is 28.3 Å². The summed E-state index contributed by atoms with van der Waals surface area (Å²) in [7, 11) is -2.92. The number of carboxylic acids is 1. The molecule has 0 unspecified atom stereocenters. The molecule has 1 aliphatic carbocycles. The first-order valence-electron chi connectivity index (χ1n) is 16.3. The molecule has 5 atom stereocenters. The molecule has 46 heavy (non-hydrogen) atoms. The van der Waals surface area contributed by atoms with E-state index in [0.29, 0.717) is 25.7 Å². The Hall–Kier alpha value is -3.33. The third-order valence-corrected chi connectivity index (χ3v) is 15.4. The van der Waals surface area contributed by atoms with Crippen LogP contribution in [-0.4, -0.2) is 41.8 Å². The molecule has 4 aromatic rings. The summed E-state index contributed by atoms with van der Waals surface area (Å²) in [5.74, 6) is -1.17. The van der Waals surface area contributed by atoms with Gasteiger partial charge in [-0.1, -0.05) is 124 Å². The molecule has 3 aromatic carbocycles.